The highest BCUT2D eigenvalue weighted by atomic mass is 32.2. The molecule has 0 unspecified atom stereocenters. The number of hydrogen-bond acceptors (Lipinski definition) is 3. The largest absolute Gasteiger partial charge is 0.453 e. The minimum absolute atomic E-state index is 0.194. The molecule has 0 aliphatic rings. The average molecular weight is 353 g/mol. The Balaban J connectivity index is 2.20. The molecule has 0 spiro atoms. The van der Waals surface area contributed by atoms with Crippen molar-refractivity contribution >= 4 is 11.8 Å². The maximum atomic E-state index is 14.2. The van der Waals surface area contributed by atoms with Gasteiger partial charge in [-0.05, 0) is 17.9 Å². The van der Waals surface area contributed by atoms with Crippen LogP contribution in [-0.4, -0.2) is 21.0 Å². The molecule has 3 rings (SSSR count). The predicted octanol–water partition coefficient (Wildman–Crippen LogP) is 4.81. The Morgan fingerprint density at radius 1 is 1.08 bits per heavy atom. The van der Waals surface area contributed by atoms with Crippen LogP contribution >= 0.6 is 11.8 Å². The van der Waals surface area contributed by atoms with Crippen LogP contribution < -0.4 is 0 Å². The van der Waals surface area contributed by atoms with Crippen LogP contribution in [0, 0.1) is 5.82 Å². The molecule has 124 valence electrons. The Kier molecular flexibility index (Phi) is 4.31. The van der Waals surface area contributed by atoms with Crippen LogP contribution in [0.3, 0.4) is 0 Å². The number of nitrogens with zero attached hydrogens (tertiary/aromatic N) is 3. The van der Waals surface area contributed by atoms with E-state index in [1.165, 1.54) is 17.8 Å². The number of aromatic nitrogens is 3. The molecule has 1 aromatic heterocycles. The van der Waals surface area contributed by atoms with Crippen molar-refractivity contribution in [2.75, 3.05) is 6.26 Å². The smallest absolute Gasteiger partial charge is 0.220 e. The molecule has 0 aliphatic carbocycles. The summed E-state index contributed by atoms with van der Waals surface area (Å²) in [5.74, 6) is -1.79. The van der Waals surface area contributed by atoms with Crippen LogP contribution in [0.25, 0.3) is 16.8 Å². The molecule has 0 fully saturated rings. The molecule has 0 bridgehead atoms. The predicted molar refractivity (Wildman–Crippen MR) is 83.5 cm³/mol. The Morgan fingerprint density at radius 3 is 2.38 bits per heavy atom. The molecular formula is C16H11F4N3S. The number of hydrogen-bond donors (Lipinski definition) is 0. The van der Waals surface area contributed by atoms with Crippen LogP contribution in [0.15, 0.2) is 53.7 Å². The summed E-state index contributed by atoms with van der Waals surface area (Å²) in [7, 11) is 0. The third-order valence-electron chi connectivity index (χ3n) is 3.35. The highest BCUT2D eigenvalue weighted by molar-refractivity contribution is 7.98. The van der Waals surface area contributed by atoms with Crippen LogP contribution in [0.2, 0.25) is 0 Å². The van der Waals surface area contributed by atoms with Gasteiger partial charge in [-0.3, -0.25) is 0 Å². The topological polar surface area (TPSA) is 30.7 Å². The van der Waals surface area contributed by atoms with Crippen molar-refractivity contribution in [2.24, 2.45) is 0 Å². The van der Waals surface area contributed by atoms with E-state index in [4.69, 9.17) is 0 Å². The van der Waals surface area contributed by atoms with Crippen LogP contribution in [0.1, 0.15) is 5.82 Å². The lowest BCUT2D eigenvalue weighted by molar-refractivity contribution is -0.144. The zero-order valence-corrected chi connectivity index (χ0v) is 13.2. The van der Waals surface area contributed by atoms with Gasteiger partial charge in [0.15, 0.2) is 0 Å². The number of benzene rings is 2. The molecule has 0 amide bonds. The van der Waals surface area contributed by atoms with Gasteiger partial charge in [0.25, 0.3) is 5.82 Å². The zero-order valence-electron chi connectivity index (χ0n) is 12.4. The summed E-state index contributed by atoms with van der Waals surface area (Å²) in [6.07, 6.45) is -2.00. The number of rotatable bonds is 3. The Labute approximate surface area is 139 Å². The first-order valence-electron chi connectivity index (χ1n) is 6.82. The average Bonchev–Trinajstić information content (AvgIpc) is 3.05. The lowest BCUT2D eigenvalue weighted by Crippen LogP contribution is -2.09. The first kappa shape index (κ1) is 16.5. The van der Waals surface area contributed by atoms with Crippen LogP contribution in [0.4, 0.5) is 17.6 Å². The summed E-state index contributed by atoms with van der Waals surface area (Å²) in [6.45, 7) is 0. The Bertz CT molecular complexity index is 860. The SMILES string of the molecule is CSc1cc(-c2ccccc2)c(-n2cnc(C(F)(F)F)n2)cc1F. The van der Waals surface area contributed by atoms with Gasteiger partial charge in [-0.25, -0.2) is 14.1 Å². The van der Waals surface area contributed by atoms with Crippen molar-refractivity contribution in [1.82, 2.24) is 14.8 Å². The van der Waals surface area contributed by atoms with Gasteiger partial charge in [-0.2, -0.15) is 13.2 Å². The van der Waals surface area contributed by atoms with E-state index in [1.807, 2.05) is 6.07 Å². The molecule has 3 nitrogen and oxygen atoms in total. The normalized spacial score (nSPS) is 11.7. The summed E-state index contributed by atoms with van der Waals surface area (Å²) in [6, 6.07) is 11.8. The summed E-state index contributed by atoms with van der Waals surface area (Å²) in [4.78, 5) is 3.67. The molecule has 0 N–H and O–H groups in total. The standard InChI is InChI=1S/C16H11F4N3S/c1-24-14-7-11(10-5-3-2-4-6-10)13(8-12(14)17)23-9-21-15(22-23)16(18,19)20/h2-9H,1H3. The maximum absolute atomic E-state index is 14.2. The van der Waals surface area contributed by atoms with Gasteiger partial charge in [-0.15, -0.1) is 16.9 Å². The third-order valence-corrected chi connectivity index (χ3v) is 4.10. The van der Waals surface area contributed by atoms with Crippen molar-refractivity contribution < 1.29 is 17.6 Å². The van der Waals surface area contributed by atoms with Gasteiger partial charge in [0.05, 0.1) is 5.69 Å². The van der Waals surface area contributed by atoms with Gasteiger partial charge in [0.1, 0.15) is 12.1 Å². The monoisotopic (exact) mass is 353 g/mol. The summed E-state index contributed by atoms with van der Waals surface area (Å²) in [5.41, 5.74) is 1.51. The molecule has 8 heteroatoms. The van der Waals surface area contributed by atoms with Crippen molar-refractivity contribution in [2.45, 2.75) is 11.1 Å². The second-order valence-corrected chi connectivity index (χ2v) is 5.73. The fraction of sp³-hybridized carbons (Fsp3) is 0.125. The van der Waals surface area contributed by atoms with E-state index < -0.39 is 17.8 Å². The van der Waals surface area contributed by atoms with Crippen molar-refractivity contribution in [1.29, 1.82) is 0 Å². The second kappa shape index (κ2) is 6.27. The van der Waals surface area contributed by atoms with Crippen molar-refractivity contribution in [3.8, 4) is 16.8 Å². The van der Waals surface area contributed by atoms with E-state index in [9.17, 15) is 17.6 Å². The molecule has 0 aliphatic heterocycles. The Morgan fingerprint density at radius 2 is 1.79 bits per heavy atom. The summed E-state index contributed by atoms with van der Waals surface area (Å²) < 4.78 is 53.3. The second-order valence-electron chi connectivity index (χ2n) is 4.88. The first-order chi connectivity index (χ1) is 11.4. The molecule has 0 atom stereocenters. The lowest BCUT2D eigenvalue weighted by Gasteiger charge is -2.12. The van der Waals surface area contributed by atoms with Gasteiger partial charge in [-0.1, -0.05) is 30.3 Å². The molecule has 0 radical (unpaired) electrons. The van der Waals surface area contributed by atoms with Crippen molar-refractivity contribution in [3.05, 3.63) is 60.4 Å². The highest BCUT2D eigenvalue weighted by Crippen LogP contribution is 2.33. The summed E-state index contributed by atoms with van der Waals surface area (Å²) >= 11 is 1.22. The van der Waals surface area contributed by atoms with E-state index in [1.54, 1.807) is 36.6 Å². The summed E-state index contributed by atoms with van der Waals surface area (Å²) in [5, 5.41) is 3.44. The van der Waals surface area contributed by atoms with Crippen molar-refractivity contribution in [3.63, 3.8) is 0 Å². The Hall–Kier alpha value is -2.35. The number of alkyl halides is 3. The number of thioether (sulfide) groups is 1. The molecule has 3 aromatic rings. The highest BCUT2D eigenvalue weighted by Gasteiger charge is 2.36. The van der Waals surface area contributed by atoms with Gasteiger partial charge in [0, 0.05) is 16.5 Å². The fourth-order valence-electron chi connectivity index (χ4n) is 2.25. The van der Waals surface area contributed by atoms with E-state index in [-0.39, 0.29) is 5.69 Å². The molecule has 0 saturated carbocycles. The van der Waals surface area contributed by atoms with E-state index in [0.29, 0.717) is 10.5 Å². The third kappa shape index (κ3) is 3.14. The fourth-order valence-corrected chi connectivity index (χ4v) is 2.74. The minimum atomic E-state index is -4.66. The van der Waals surface area contributed by atoms with E-state index >= 15 is 0 Å². The maximum Gasteiger partial charge on any atom is 0.453 e. The molecular weight excluding hydrogens is 342 g/mol. The molecule has 1 heterocycles. The minimum Gasteiger partial charge on any atom is -0.220 e. The molecule has 24 heavy (non-hydrogen) atoms. The van der Waals surface area contributed by atoms with Gasteiger partial charge >= 0.3 is 6.18 Å². The van der Waals surface area contributed by atoms with Crippen LogP contribution in [-0.2, 0) is 6.18 Å². The van der Waals surface area contributed by atoms with Gasteiger partial charge < -0.3 is 0 Å². The van der Waals surface area contributed by atoms with Crippen LogP contribution in [0.5, 0.6) is 0 Å². The quantitative estimate of drug-likeness (QED) is 0.500. The van der Waals surface area contributed by atoms with Gasteiger partial charge in [0.2, 0.25) is 0 Å². The lowest BCUT2D eigenvalue weighted by atomic mass is 10.0. The van der Waals surface area contributed by atoms with E-state index in [0.717, 1.165) is 16.6 Å². The molecule has 0 saturated heterocycles. The van der Waals surface area contributed by atoms with E-state index in [2.05, 4.69) is 10.1 Å². The number of halogens is 4. The first-order valence-corrected chi connectivity index (χ1v) is 8.05. The molecule has 2 aromatic carbocycles. The zero-order chi connectivity index (χ0) is 17.3.